The van der Waals surface area contributed by atoms with Crippen molar-refractivity contribution in [2.24, 2.45) is 0 Å². The molecule has 3 aliphatic heterocycles. The molecule has 0 aromatic heterocycles. The summed E-state index contributed by atoms with van der Waals surface area (Å²) in [5, 5.41) is 0. The van der Waals surface area contributed by atoms with Gasteiger partial charge in [0.1, 0.15) is 11.3 Å². The summed E-state index contributed by atoms with van der Waals surface area (Å²) in [5.74, 6) is -1.47. The van der Waals surface area contributed by atoms with E-state index in [-0.39, 0.29) is 17.6 Å². The molecule has 0 saturated heterocycles. The summed E-state index contributed by atoms with van der Waals surface area (Å²) in [6, 6.07) is 17.6. The molecule has 3 heterocycles. The summed E-state index contributed by atoms with van der Waals surface area (Å²) in [6.07, 6.45) is 1.62. The second-order valence-corrected chi connectivity index (χ2v) is 8.72. The third kappa shape index (κ3) is 3.05. The molecule has 3 aliphatic rings. The summed E-state index contributed by atoms with van der Waals surface area (Å²) >= 11 is 0. The molecule has 6 nitrogen and oxygen atoms in total. The standard InChI is InChI=1S/C25H25NO5/c1-24(2)30-20-15-17(14-13-16-9-5-4-6-10-16)29-25(21(20)22(27)31-24)18-11-7-8-12-19(18)26(3)23(25)28/h4-12,17H,13-15H2,1-3H3/t17-,25+/m1/s1. The van der Waals surface area contributed by atoms with Crippen LogP contribution >= 0.6 is 0 Å². The number of hydrogen-bond donors (Lipinski definition) is 0. The van der Waals surface area contributed by atoms with Crippen molar-refractivity contribution in [3.8, 4) is 0 Å². The molecule has 160 valence electrons. The molecule has 2 aromatic rings. The molecule has 5 rings (SSSR count). The van der Waals surface area contributed by atoms with Gasteiger partial charge in [0.25, 0.3) is 5.91 Å². The van der Waals surface area contributed by atoms with Gasteiger partial charge in [-0.1, -0.05) is 48.5 Å². The minimum atomic E-state index is -1.55. The van der Waals surface area contributed by atoms with Gasteiger partial charge in [0.05, 0.1) is 11.8 Å². The van der Waals surface area contributed by atoms with Crippen molar-refractivity contribution in [1.29, 1.82) is 0 Å². The molecule has 0 fully saturated rings. The Morgan fingerprint density at radius 2 is 1.71 bits per heavy atom. The molecule has 0 bridgehead atoms. The van der Waals surface area contributed by atoms with E-state index in [1.54, 1.807) is 25.8 Å². The van der Waals surface area contributed by atoms with Gasteiger partial charge in [0.2, 0.25) is 11.4 Å². The number of benzene rings is 2. The van der Waals surface area contributed by atoms with Gasteiger partial charge >= 0.3 is 5.97 Å². The van der Waals surface area contributed by atoms with E-state index >= 15 is 0 Å². The number of ether oxygens (including phenoxy) is 3. The van der Waals surface area contributed by atoms with Crippen LogP contribution < -0.4 is 4.90 Å². The van der Waals surface area contributed by atoms with Crippen molar-refractivity contribution in [2.75, 3.05) is 11.9 Å². The van der Waals surface area contributed by atoms with E-state index in [1.807, 2.05) is 42.5 Å². The Hall–Kier alpha value is -3.12. The minimum absolute atomic E-state index is 0.171. The molecule has 6 heteroatoms. The SMILES string of the molecule is CN1C(=O)[C@]2(O[C@H](CCc3ccccc3)CC3=C2C(=O)OC(C)(C)O3)c2ccccc21. The number of nitrogens with zero attached hydrogens (tertiary/aromatic N) is 1. The Balaban J connectivity index is 1.60. The van der Waals surface area contributed by atoms with E-state index in [0.717, 1.165) is 12.1 Å². The molecule has 2 aromatic carbocycles. The van der Waals surface area contributed by atoms with Crippen molar-refractivity contribution in [3.05, 3.63) is 77.1 Å². The molecule has 31 heavy (non-hydrogen) atoms. The van der Waals surface area contributed by atoms with Crippen molar-refractivity contribution in [1.82, 2.24) is 0 Å². The Morgan fingerprint density at radius 1 is 1.00 bits per heavy atom. The summed E-state index contributed by atoms with van der Waals surface area (Å²) in [7, 11) is 1.70. The number of hydrogen-bond acceptors (Lipinski definition) is 5. The third-order valence-electron chi connectivity index (χ3n) is 6.15. The number of amides is 1. The van der Waals surface area contributed by atoms with Crippen LogP contribution in [-0.4, -0.2) is 30.8 Å². The number of anilines is 1. The zero-order valence-corrected chi connectivity index (χ0v) is 17.9. The first kappa shape index (κ1) is 19.8. The Kier molecular flexibility index (Phi) is 4.45. The van der Waals surface area contributed by atoms with Crippen LogP contribution in [0.1, 0.15) is 37.8 Å². The second-order valence-electron chi connectivity index (χ2n) is 8.72. The number of carbonyl (C=O) groups excluding carboxylic acids is 2. The number of rotatable bonds is 3. The highest BCUT2D eigenvalue weighted by Crippen LogP contribution is 2.53. The van der Waals surface area contributed by atoms with E-state index in [2.05, 4.69) is 12.1 Å². The van der Waals surface area contributed by atoms with Gasteiger partial charge in [-0.05, 0) is 24.5 Å². The first-order chi connectivity index (χ1) is 14.8. The van der Waals surface area contributed by atoms with Crippen LogP contribution in [0.4, 0.5) is 5.69 Å². The van der Waals surface area contributed by atoms with Crippen molar-refractivity contribution in [2.45, 2.75) is 50.6 Å². The lowest BCUT2D eigenvalue weighted by Gasteiger charge is -2.44. The largest absolute Gasteiger partial charge is 0.456 e. The van der Waals surface area contributed by atoms with E-state index in [1.165, 1.54) is 5.56 Å². The van der Waals surface area contributed by atoms with Crippen LogP contribution in [0.2, 0.25) is 0 Å². The Labute approximate surface area is 181 Å². The van der Waals surface area contributed by atoms with Crippen LogP contribution in [0, 0.1) is 0 Å². The lowest BCUT2D eigenvalue weighted by Crippen LogP contribution is -2.54. The molecule has 0 radical (unpaired) electrons. The first-order valence-electron chi connectivity index (χ1n) is 10.6. The van der Waals surface area contributed by atoms with Gasteiger partial charge in [-0.25, -0.2) is 4.79 Å². The van der Waals surface area contributed by atoms with E-state index < -0.39 is 17.4 Å². The molecule has 2 atom stereocenters. The van der Waals surface area contributed by atoms with E-state index in [0.29, 0.717) is 24.2 Å². The number of fused-ring (bicyclic) bond motifs is 3. The number of aryl methyl sites for hydroxylation is 1. The summed E-state index contributed by atoms with van der Waals surface area (Å²) in [6.45, 7) is 3.40. The highest BCUT2D eigenvalue weighted by Gasteiger charge is 2.62. The van der Waals surface area contributed by atoms with E-state index in [9.17, 15) is 9.59 Å². The smallest absolute Gasteiger partial charge is 0.344 e. The predicted molar refractivity (Wildman–Crippen MR) is 114 cm³/mol. The molecule has 1 spiro atoms. The Morgan fingerprint density at radius 3 is 2.48 bits per heavy atom. The quantitative estimate of drug-likeness (QED) is 0.708. The summed E-state index contributed by atoms with van der Waals surface area (Å²) in [5.41, 5.74) is 1.19. The average molecular weight is 419 g/mol. The fraction of sp³-hybridized carbons (Fsp3) is 0.360. The normalized spacial score (nSPS) is 26.4. The number of esters is 1. The zero-order valence-electron chi connectivity index (χ0n) is 17.9. The highest BCUT2D eigenvalue weighted by molar-refractivity contribution is 6.14. The molecular formula is C25H25NO5. The first-order valence-corrected chi connectivity index (χ1v) is 10.6. The number of cyclic esters (lactones) is 1. The van der Waals surface area contributed by atoms with Crippen LogP contribution in [0.15, 0.2) is 65.9 Å². The fourth-order valence-electron chi connectivity index (χ4n) is 4.81. The molecule has 1 amide bonds. The van der Waals surface area contributed by atoms with Crippen LogP contribution in [0.3, 0.4) is 0 Å². The van der Waals surface area contributed by atoms with Crippen LogP contribution in [-0.2, 0) is 35.8 Å². The maximum atomic E-state index is 13.6. The van der Waals surface area contributed by atoms with Gasteiger partial charge in [0, 0.05) is 32.9 Å². The van der Waals surface area contributed by atoms with Gasteiger partial charge in [-0.15, -0.1) is 0 Å². The predicted octanol–water partition coefficient (Wildman–Crippen LogP) is 3.84. The van der Waals surface area contributed by atoms with Crippen LogP contribution in [0.25, 0.3) is 0 Å². The summed E-state index contributed by atoms with van der Waals surface area (Å²) < 4.78 is 18.2. The second kappa shape index (κ2) is 6.95. The zero-order chi connectivity index (χ0) is 21.8. The third-order valence-corrected chi connectivity index (χ3v) is 6.15. The summed E-state index contributed by atoms with van der Waals surface area (Å²) in [4.78, 5) is 28.3. The monoisotopic (exact) mass is 419 g/mol. The fourth-order valence-corrected chi connectivity index (χ4v) is 4.81. The Bertz CT molecular complexity index is 1090. The minimum Gasteiger partial charge on any atom is -0.456 e. The maximum Gasteiger partial charge on any atom is 0.344 e. The van der Waals surface area contributed by atoms with Crippen molar-refractivity contribution < 1.29 is 23.8 Å². The number of para-hydroxylation sites is 1. The average Bonchev–Trinajstić information content (AvgIpc) is 2.94. The van der Waals surface area contributed by atoms with Gasteiger partial charge in [-0.3, -0.25) is 4.79 Å². The lowest BCUT2D eigenvalue weighted by atomic mass is 9.81. The number of carbonyl (C=O) groups is 2. The van der Waals surface area contributed by atoms with Gasteiger partial charge in [0.15, 0.2) is 0 Å². The molecule has 0 N–H and O–H groups in total. The topological polar surface area (TPSA) is 65.1 Å². The molecule has 0 saturated carbocycles. The molecular weight excluding hydrogens is 394 g/mol. The maximum absolute atomic E-state index is 13.6. The van der Waals surface area contributed by atoms with Gasteiger partial charge in [-0.2, -0.15) is 0 Å². The van der Waals surface area contributed by atoms with E-state index in [4.69, 9.17) is 14.2 Å². The van der Waals surface area contributed by atoms with Crippen LogP contribution in [0.5, 0.6) is 0 Å². The van der Waals surface area contributed by atoms with Gasteiger partial charge < -0.3 is 19.1 Å². The van der Waals surface area contributed by atoms with Crippen molar-refractivity contribution >= 4 is 17.6 Å². The van der Waals surface area contributed by atoms with Crippen molar-refractivity contribution in [3.63, 3.8) is 0 Å². The lowest BCUT2D eigenvalue weighted by molar-refractivity contribution is -0.224. The molecule has 0 aliphatic carbocycles. The molecule has 0 unspecified atom stereocenters. The number of likely N-dealkylation sites (N-methyl/N-ethyl adjacent to an activating group) is 1. The highest BCUT2D eigenvalue weighted by atomic mass is 16.7.